The van der Waals surface area contributed by atoms with Gasteiger partial charge in [0.05, 0.1) is 34.2 Å². The summed E-state index contributed by atoms with van der Waals surface area (Å²) in [5, 5.41) is 7.49. The predicted molar refractivity (Wildman–Crippen MR) is 191 cm³/mol. The molecule has 2 aliphatic rings. The molecule has 0 saturated carbocycles. The number of aryl methyl sites for hydroxylation is 1. The first-order valence-electron chi connectivity index (χ1n) is 15.6. The molecule has 4 heterocycles. The van der Waals surface area contributed by atoms with E-state index in [1.165, 1.54) is 48.9 Å². The van der Waals surface area contributed by atoms with Crippen LogP contribution in [-0.2, 0) is 4.57 Å². The lowest BCUT2D eigenvalue weighted by Crippen LogP contribution is -2.62. The number of thioether (sulfide) groups is 1. The van der Waals surface area contributed by atoms with Crippen LogP contribution < -0.4 is 25.6 Å². The molecule has 2 aromatic heterocycles. The summed E-state index contributed by atoms with van der Waals surface area (Å²) in [6, 6.07) is 9.37. The number of likely N-dealkylation sites (tertiary alicyclic amines) is 1. The fraction of sp³-hybridized carbons (Fsp3) is 0.455. The highest BCUT2D eigenvalue weighted by Crippen LogP contribution is 2.42. The van der Waals surface area contributed by atoms with Crippen molar-refractivity contribution in [2.75, 3.05) is 82.5 Å². The van der Waals surface area contributed by atoms with Gasteiger partial charge in [-0.2, -0.15) is 4.98 Å². The zero-order valence-electron chi connectivity index (χ0n) is 27.7. The number of nitrogens with one attached hydrogen (secondary N) is 2. The zero-order chi connectivity index (χ0) is 32.6. The Labute approximate surface area is 275 Å². The fourth-order valence-electron chi connectivity index (χ4n) is 6.46. The highest BCUT2D eigenvalue weighted by molar-refractivity contribution is 7.98. The Balaban J connectivity index is 1.21. The Morgan fingerprint density at radius 3 is 2.43 bits per heavy atom. The van der Waals surface area contributed by atoms with E-state index in [0.717, 1.165) is 29.4 Å². The summed E-state index contributed by atoms with van der Waals surface area (Å²) >= 11 is 1.53. The topological polar surface area (TPSA) is 112 Å². The van der Waals surface area contributed by atoms with Crippen LogP contribution in [0.5, 0.6) is 5.75 Å². The summed E-state index contributed by atoms with van der Waals surface area (Å²) in [6.07, 6.45) is 9.38. The molecule has 0 unspecified atom stereocenters. The first-order valence-corrected chi connectivity index (χ1v) is 19.5. The molecule has 6 rings (SSSR count). The summed E-state index contributed by atoms with van der Waals surface area (Å²) in [5.41, 5.74) is 5.18. The van der Waals surface area contributed by atoms with Crippen LogP contribution in [0.25, 0.3) is 11.0 Å². The Kier molecular flexibility index (Phi) is 9.43. The molecule has 2 aromatic carbocycles. The van der Waals surface area contributed by atoms with Gasteiger partial charge in [-0.3, -0.25) is 14.9 Å². The number of ether oxygens (including phenoxy) is 1. The highest BCUT2D eigenvalue weighted by atomic mass is 32.2. The number of aromatic nitrogens is 4. The molecule has 46 heavy (non-hydrogen) atoms. The van der Waals surface area contributed by atoms with Crippen molar-refractivity contribution in [3.8, 4) is 5.75 Å². The second kappa shape index (κ2) is 13.4. The van der Waals surface area contributed by atoms with E-state index in [-0.39, 0.29) is 0 Å². The maximum Gasteiger partial charge on any atom is 0.229 e. The molecular formula is C33H44N9O2PS. The van der Waals surface area contributed by atoms with Crippen LogP contribution >= 0.6 is 18.9 Å². The third-order valence-corrected chi connectivity index (χ3v) is 11.4. The van der Waals surface area contributed by atoms with Gasteiger partial charge in [0.25, 0.3) is 0 Å². The lowest BCUT2D eigenvalue weighted by molar-refractivity contribution is 0.0188. The Hall–Kier alpha value is -3.44. The third kappa shape index (κ3) is 6.67. The van der Waals surface area contributed by atoms with Crippen molar-refractivity contribution >= 4 is 64.1 Å². The van der Waals surface area contributed by atoms with Gasteiger partial charge in [-0.25, -0.2) is 4.98 Å². The molecule has 2 aliphatic heterocycles. The van der Waals surface area contributed by atoms with Gasteiger partial charge in [0, 0.05) is 68.6 Å². The Bertz CT molecular complexity index is 1770. The van der Waals surface area contributed by atoms with E-state index in [9.17, 15) is 4.57 Å². The maximum absolute atomic E-state index is 13.5. The van der Waals surface area contributed by atoms with Gasteiger partial charge in [0.15, 0.2) is 0 Å². The zero-order valence-corrected chi connectivity index (χ0v) is 29.5. The summed E-state index contributed by atoms with van der Waals surface area (Å²) in [4.78, 5) is 26.7. The maximum atomic E-state index is 13.5. The number of piperidine rings is 1. The van der Waals surface area contributed by atoms with Gasteiger partial charge in [0.2, 0.25) is 5.95 Å². The van der Waals surface area contributed by atoms with E-state index in [1.54, 1.807) is 39.0 Å². The molecule has 2 fully saturated rings. The van der Waals surface area contributed by atoms with E-state index >= 15 is 0 Å². The average molecular weight is 662 g/mol. The molecule has 0 bridgehead atoms. The number of hydrogen-bond donors (Lipinski definition) is 2. The van der Waals surface area contributed by atoms with E-state index in [4.69, 9.17) is 9.72 Å². The molecule has 0 aliphatic carbocycles. The summed E-state index contributed by atoms with van der Waals surface area (Å²) in [6.45, 7) is 10.1. The minimum absolute atomic E-state index is 0.426. The first kappa shape index (κ1) is 32.5. The summed E-state index contributed by atoms with van der Waals surface area (Å²) in [7, 11) is 3.32. The summed E-state index contributed by atoms with van der Waals surface area (Å²) < 4.78 is 19.3. The minimum atomic E-state index is -2.73. The SMILES string of the molecule is COc1cc(N2CCC(N3CC(N(C)C)C3)CC2)c(C)cc1Nc1ncc(SC)c(Nc2ccc3nccnc3c2P(C)(C)=O)n1. The molecule has 0 spiro atoms. The van der Waals surface area contributed by atoms with Crippen LogP contribution in [0, 0.1) is 6.92 Å². The lowest BCUT2D eigenvalue weighted by atomic mass is 9.96. The van der Waals surface area contributed by atoms with E-state index in [2.05, 4.69) is 73.4 Å². The van der Waals surface area contributed by atoms with Crippen molar-refractivity contribution in [1.82, 2.24) is 29.7 Å². The number of methoxy groups -OCH3 is 1. The number of fused-ring (bicyclic) bond motifs is 1. The van der Waals surface area contributed by atoms with Gasteiger partial charge < -0.3 is 29.7 Å². The van der Waals surface area contributed by atoms with Crippen molar-refractivity contribution in [3.05, 3.63) is 48.4 Å². The molecule has 13 heteroatoms. The number of hydrogen-bond acceptors (Lipinski definition) is 12. The van der Waals surface area contributed by atoms with Crippen LogP contribution in [0.4, 0.5) is 28.8 Å². The highest BCUT2D eigenvalue weighted by Gasteiger charge is 2.35. The van der Waals surface area contributed by atoms with Crippen LogP contribution in [0.2, 0.25) is 0 Å². The second-order valence-electron chi connectivity index (χ2n) is 12.7. The van der Waals surface area contributed by atoms with Crippen molar-refractivity contribution in [2.24, 2.45) is 0 Å². The normalized spacial score (nSPS) is 16.6. The molecular weight excluding hydrogens is 617 g/mol. The Morgan fingerprint density at radius 2 is 1.76 bits per heavy atom. The van der Waals surface area contributed by atoms with Gasteiger partial charge in [-0.15, -0.1) is 11.8 Å². The number of rotatable bonds is 10. The largest absolute Gasteiger partial charge is 0.494 e. The van der Waals surface area contributed by atoms with Gasteiger partial charge in [0.1, 0.15) is 24.2 Å². The molecule has 0 radical (unpaired) electrons. The first-order chi connectivity index (χ1) is 22.0. The van der Waals surface area contributed by atoms with Crippen molar-refractivity contribution in [2.45, 2.75) is 36.7 Å². The minimum Gasteiger partial charge on any atom is -0.494 e. The fourth-order valence-corrected chi connectivity index (χ4v) is 8.30. The molecule has 2 saturated heterocycles. The van der Waals surface area contributed by atoms with Crippen molar-refractivity contribution in [1.29, 1.82) is 0 Å². The number of nitrogens with zero attached hydrogens (tertiary/aromatic N) is 7. The van der Waals surface area contributed by atoms with Crippen LogP contribution in [0.15, 0.2) is 47.8 Å². The standard InChI is InChI=1S/C33H44N9O2PS/c1-21-16-26(28(44-4)17-27(21)41-14-10-22(11-15-41)42-19-23(20-42)40(2)3)38-33-36-18-29(46-7)32(39-33)37-25-9-8-24-30(35-13-12-34-24)31(25)45(5,6)43/h8-9,12-13,16-18,22-23H,10-11,14-15,19-20H2,1-7H3,(H2,36,37,38,39). The van der Waals surface area contributed by atoms with Gasteiger partial charge in [-0.05, 0) is 77.2 Å². The van der Waals surface area contributed by atoms with E-state index in [0.29, 0.717) is 45.9 Å². The number of benzene rings is 2. The average Bonchev–Trinajstić information content (AvgIpc) is 3.00. The molecule has 0 atom stereocenters. The molecule has 4 aromatic rings. The van der Waals surface area contributed by atoms with Crippen LogP contribution in [-0.4, -0.2) is 109 Å². The van der Waals surface area contributed by atoms with Gasteiger partial charge in [-0.1, -0.05) is 0 Å². The molecule has 0 amide bonds. The summed E-state index contributed by atoms with van der Waals surface area (Å²) in [5.74, 6) is 1.77. The van der Waals surface area contributed by atoms with Crippen LogP contribution in [0.3, 0.4) is 0 Å². The number of anilines is 5. The second-order valence-corrected chi connectivity index (χ2v) is 16.7. The third-order valence-electron chi connectivity index (χ3n) is 9.09. The lowest BCUT2D eigenvalue weighted by Gasteiger charge is -2.49. The van der Waals surface area contributed by atoms with Crippen molar-refractivity contribution < 1.29 is 9.30 Å². The quantitative estimate of drug-likeness (QED) is 0.168. The monoisotopic (exact) mass is 661 g/mol. The van der Waals surface area contributed by atoms with Crippen LogP contribution in [0.1, 0.15) is 18.4 Å². The smallest absolute Gasteiger partial charge is 0.229 e. The number of likely N-dealkylation sites (N-methyl/N-ethyl adjacent to an activating group) is 1. The van der Waals surface area contributed by atoms with Crippen molar-refractivity contribution in [3.63, 3.8) is 0 Å². The predicted octanol–water partition coefficient (Wildman–Crippen LogP) is 5.41. The van der Waals surface area contributed by atoms with E-state index < -0.39 is 7.14 Å². The Morgan fingerprint density at radius 1 is 1.02 bits per heavy atom. The molecule has 244 valence electrons. The van der Waals surface area contributed by atoms with Gasteiger partial charge >= 0.3 is 0 Å². The molecule has 2 N–H and O–H groups in total. The van der Waals surface area contributed by atoms with E-state index in [1.807, 2.05) is 18.4 Å². The molecule has 11 nitrogen and oxygen atoms in total.